The molecule has 4 nitrogen and oxygen atoms in total. The molecular weight excluding hydrogens is 226 g/mol. The van der Waals surface area contributed by atoms with E-state index in [9.17, 15) is 4.79 Å². The van der Waals surface area contributed by atoms with Gasteiger partial charge in [-0.1, -0.05) is 20.8 Å². The number of hydrogen-bond donors (Lipinski definition) is 2. The maximum absolute atomic E-state index is 11.7. The van der Waals surface area contributed by atoms with Crippen LogP contribution in [0.3, 0.4) is 0 Å². The molecule has 98 valence electrons. The maximum Gasteiger partial charge on any atom is 0.290 e. The average Bonchev–Trinajstić information content (AvgIpc) is 2.78. The summed E-state index contributed by atoms with van der Waals surface area (Å²) in [6.45, 7) is 6.98. The molecule has 3 rings (SSSR count). The normalized spacial score (nSPS) is 36.8. The van der Waals surface area contributed by atoms with Gasteiger partial charge in [0.05, 0.1) is 0 Å². The van der Waals surface area contributed by atoms with Crippen LogP contribution < -0.4 is 10.9 Å². The van der Waals surface area contributed by atoms with E-state index in [1.807, 2.05) is 0 Å². The fraction of sp³-hybridized carbons (Fsp3) is 0.714. The molecule has 1 aromatic rings. The molecule has 2 aliphatic carbocycles. The molecule has 3 atom stereocenters. The van der Waals surface area contributed by atoms with Crippen molar-refractivity contribution in [2.24, 2.45) is 16.7 Å². The third-order valence-corrected chi connectivity index (χ3v) is 5.26. The van der Waals surface area contributed by atoms with Crippen LogP contribution in [-0.4, -0.2) is 16.0 Å². The van der Waals surface area contributed by atoms with E-state index in [-0.39, 0.29) is 11.0 Å². The van der Waals surface area contributed by atoms with Crippen LogP contribution in [0.25, 0.3) is 0 Å². The number of hydrogen-bond acceptors (Lipinski definition) is 3. The van der Waals surface area contributed by atoms with Crippen molar-refractivity contribution < 1.29 is 0 Å². The smallest absolute Gasteiger partial charge is 0.290 e. The molecule has 0 aliphatic heterocycles. The van der Waals surface area contributed by atoms with Gasteiger partial charge in [0, 0.05) is 18.4 Å². The van der Waals surface area contributed by atoms with Gasteiger partial charge in [-0.05, 0) is 36.0 Å². The fourth-order valence-electron chi connectivity index (χ4n) is 4.25. The van der Waals surface area contributed by atoms with E-state index >= 15 is 0 Å². The van der Waals surface area contributed by atoms with Crippen LogP contribution in [-0.2, 0) is 0 Å². The summed E-state index contributed by atoms with van der Waals surface area (Å²) in [5, 5.41) is 3.42. The van der Waals surface area contributed by atoms with Gasteiger partial charge < -0.3 is 10.3 Å². The van der Waals surface area contributed by atoms with Crippen molar-refractivity contribution in [1.29, 1.82) is 0 Å². The first kappa shape index (κ1) is 11.8. The summed E-state index contributed by atoms with van der Waals surface area (Å²) in [6, 6.07) is 0.333. The van der Waals surface area contributed by atoms with Crippen molar-refractivity contribution in [3.8, 4) is 0 Å². The van der Waals surface area contributed by atoms with Gasteiger partial charge >= 0.3 is 0 Å². The topological polar surface area (TPSA) is 57.8 Å². The number of nitrogens with zero attached hydrogens (tertiary/aromatic N) is 1. The Hall–Kier alpha value is -1.32. The third kappa shape index (κ3) is 1.51. The van der Waals surface area contributed by atoms with Gasteiger partial charge in [-0.3, -0.25) is 4.79 Å². The largest absolute Gasteiger partial charge is 0.362 e. The lowest BCUT2D eigenvalue weighted by Crippen LogP contribution is -2.46. The summed E-state index contributed by atoms with van der Waals surface area (Å²) < 4.78 is 0. The minimum absolute atomic E-state index is 0.125. The highest BCUT2D eigenvalue weighted by Gasteiger charge is 2.59. The summed E-state index contributed by atoms with van der Waals surface area (Å²) in [5.41, 5.74) is 0.411. The Labute approximate surface area is 107 Å². The second-order valence-electron chi connectivity index (χ2n) is 6.76. The lowest BCUT2D eigenvalue weighted by molar-refractivity contribution is 0.155. The van der Waals surface area contributed by atoms with E-state index in [0.717, 1.165) is 5.92 Å². The molecule has 1 aromatic heterocycles. The van der Waals surface area contributed by atoms with Gasteiger partial charge in [-0.25, -0.2) is 4.98 Å². The first-order chi connectivity index (χ1) is 8.43. The molecule has 0 spiro atoms. The molecule has 2 fully saturated rings. The van der Waals surface area contributed by atoms with Crippen LogP contribution >= 0.6 is 0 Å². The van der Waals surface area contributed by atoms with E-state index < -0.39 is 0 Å². The first-order valence-corrected chi connectivity index (χ1v) is 6.74. The summed E-state index contributed by atoms with van der Waals surface area (Å²) in [6.07, 6.45) is 7.04. The maximum atomic E-state index is 11.7. The Morgan fingerprint density at radius 3 is 2.83 bits per heavy atom. The highest BCUT2D eigenvalue weighted by Crippen LogP contribution is 2.62. The molecular formula is C14H21N3O. The lowest BCUT2D eigenvalue weighted by Gasteiger charge is -2.43. The molecule has 2 N–H and O–H groups in total. The van der Waals surface area contributed by atoms with Crippen molar-refractivity contribution in [2.45, 2.75) is 46.1 Å². The third-order valence-electron chi connectivity index (χ3n) is 5.26. The van der Waals surface area contributed by atoms with Crippen LogP contribution in [0.5, 0.6) is 0 Å². The molecule has 2 saturated carbocycles. The zero-order valence-electron chi connectivity index (χ0n) is 11.3. The second-order valence-corrected chi connectivity index (χ2v) is 6.76. The van der Waals surface area contributed by atoms with E-state index in [0.29, 0.717) is 17.3 Å². The summed E-state index contributed by atoms with van der Waals surface area (Å²) in [5.74, 6) is 1.23. The Morgan fingerprint density at radius 2 is 2.22 bits per heavy atom. The molecule has 18 heavy (non-hydrogen) atoms. The van der Waals surface area contributed by atoms with Crippen molar-refractivity contribution in [1.82, 2.24) is 9.97 Å². The van der Waals surface area contributed by atoms with E-state index in [4.69, 9.17) is 0 Å². The summed E-state index contributed by atoms with van der Waals surface area (Å²) >= 11 is 0. The monoisotopic (exact) mass is 247 g/mol. The molecule has 1 heterocycles. The molecule has 0 saturated heterocycles. The predicted molar refractivity (Wildman–Crippen MR) is 71.5 cm³/mol. The highest BCUT2D eigenvalue weighted by atomic mass is 16.1. The molecule has 0 radical (unpaired) electrons. The van der Waals surface area contributed by atoms with Gasteiger partial charge in [0.25, 0.3) is 5.56 Å². The highest BCUT2D eigenvalue weighted by molar-refractivity contribution is 5.36. The van der Waals surface area contributed by atoms with Crippen LogP contribution in [0, 0.1) is 16.7 Å². The molecule has 3 unspecified atom stereocenters. The number of fused-ring (bicyclic) bond motifs is 2. The first-order valence-electron chi connectivity index (χ1n) is 6.74. The average molecular weight is 247 g/mol. The van der Waals surface area contributed by atoms with Gasteiger partial charge in [0.15, 0.2) is 5.82 Å². The number of anilines is 1. The van der Waals surface area contributed by atoms with Crippen LogP contribution in [0.1, 0.15) is 40.0 Å². The van der Waals surface area contributed by atoms with Gasteiger partial charge in [-0.15, -0.1) is 0 Å². The lowest BCUT2D eigenvalue weighted by atomic mass is 9.68. The predicted octanol–water partition coefficient (Wildman–Crippen LogP) is 2.40. The summed E-state index contributed by atoms with van der Waals surface area (Å²) in [7, 11) is 0. The number of aromatic nitrogens is 2. The molecule has 0 aromatic carbocycles. The van der Waals surface area contributed by atoms with Gasteiger partial charge in [0.1, 0.15) is 0 Å². The number of nitrogens with one attached hydrogen (secondary N) is 2. The standard InChI is InChI=1S/C14H21N3O/c1-13(2)9-4-5-14(3,8-9)12(13)17-10-11(18)16-7-6-15-10/h6-7,9,12H,4-5,8H2,1-3H3,(H,15,17)(H,16,18). The van der Waals surface area contributed by atoms with Gasteiger partial charge in [0.2, 0.25) is 0 Å². The fourth-order valence-corrected chi connectivity index (χ4v) is 4.25. The van der Waals surface area contributed by atoms with Crippen molar-refractivity contribution in [3.63, 3.8) is 0 Å². The number of H-pyrrole nitrogens is 1. The Bertz CT molecular complexity index is 517. The van der Waals surface area contributed by atoms with Gasteiger partial charge in [-0.2, -0.15) is 0 Å². The van der Waals surface area contributed by atoms with Crippen LogP contribution in [0.15, 0.2) is 17.2 Å². The molecule has 4 heteroatoms. The Balaban J connectivity index is 1.93. The van der Waals surface area contributed by atoms with Crippen LogP contribution in [0.4, 0.5) is 5.82 Å². The van der Waals surface area contributed by atoms with Crippen molar-refractivity contribution >= 4 is 5.82 Å². The number of rotatable bonds is 2. The minimum Gasteiger partial charge on any atom is -0.362 e. The second kappa shape index (κ2) is 3.59. The van der Waals surface area contributed by atoms with Crippen LogP contribution in [0.2, 0.25) is 0 Å². The molecule has 0 amide bonds. The Kier molecular flexibility index (Phi) is 2.34. The summed E-state index contributed by atoms with van der Waals surface area (Å²) in [4.78, 5) is 18.6. The molecule has 2 bridgehead atoms. The van der Waals surface area contributed by atoms with Crippen molar-refractivity contribution in [3.05, 3.63) is 22.7 Å². The minimum atomic E-state index is -0.125. The van der Waals surface area contributed by atoms with E-state index in [2.05, 4.69) is 36.1 Å². The SMILES string of the molecule is CC12CCC(C1)C(C)(C)C2Nc1ncc[nH]c1=O. The quantitative estimate of drug-likeness (QED) is 0.843. The zero-order valence-corrected chi connectivity index (χ0v) is 11.3. The molecule has 2 aliphatic rings. The zero-order chi connectivity index (χ0) is 13.0. The van der Waals surface area contributed by atoms with Crippen molar-refractivity contribution in [2.75, 3.05) is 5.32 Å². The van der Waals surface area contributed by atoms with E-state index in [1.165, 1.54) is 19.3 Å². The Morgan fingerprint density at radius 1 is 1.44 bits per heavy atom. The van der Waals surface area contributed by atoms with E-state index in [1.54, 1.807) is 12.4 Å². The number of aromatic amines is 1.